The molecule has 248 valence electrons. The van der Waals surface area contributed by atoms with Crippen molar-refractivity contribution < 1.29 is 23.9 Å². The second-order valence-electron chi connectivity index (χ2n) is 11.9. The summed E-state index contributed by atoms with van der Waals surface area (Å²) in [5.41, 5.74) is 1.31. The van der Waals surface area contributed by atoms with Crippen LogP contribution in [0.5, 0.6) is 5.75 Å². The summed E-state index contributed by atoms with van der Waals surface area (Å²) in [7, 11) is 2.70. The number of carbonyl (C=O) groups excluding carboxylic acids is 3. The highest BCUT2D eigenvalue weighted by Gasteiger charge is 2.32. The number of fused-ring (bicyclic) bond motifs is 1. The standard InChI is InChI=1S/C35H39Cl2N5O5/c1-46-31(43)22-41(34(44)32-28-7-4-3-6-24(28)18-26(20-38)33(32)47-2)21-25(23-8-9-29(36)30(37)19-23)10-15-40-16-11-27(12-17-40)42-14-5-13-39-35(42)45/h3-4,6-9,18-19,25,27H,5,10-17,21-22H2,1-2H3,(H,39,45)/t25-/m1/s1. The summed E-state index contributed by atoms with van der Waals surface area (Å²) >= 11 is 12.7. The first-order chi connectivity index (χ1) is 22.7. The summed E-state index contributed by atoms with van der Waals surface area (Å²) < 4.78 is 10.6. The quantitative estimate of drug-likeness (QED) is 0.259. The number of nitriles is 1. The highest BCUT2D eigenvalue weighted by Crippen LogP contribution is 2.35. The van der Waals surface area contributed by atoms with E-state index in [1.54, 1.807) is 18.2 Å². The topological polar surface area (TPSA) is 115 Å². The molecule has 2 aliphatic heterocycles. The van der Waals surface area contributed by atoms with E-state index in [1.165, 1.54) is 19.1 Å². The number of urea groups is 1. The van der Waals surface area contributed by atoms with E-state index in [9.17, 15) is 19.6 Å². The largest absolute Gasteiger partial charge is 0.495 e. The van der Waals surface area contributed by atoms with E-state index in [1.807, 2.05) is 35.2 Å². The highest BCUT2D eigenvalue weighted by atomic mass is 35.5. The number of nitrogens with one attached hydrogen (secondary N) is 1. The van der Waals surface area contributed by atoms with Crippen LogP contribution in [-0.2, 0) is 9.53 Å². The minimum absolute atomic E-state index is 0.0226. The molecule has 5 rings (SSSR count). The number of hydrogen-bond donors (Lipinski definition) is 1. The Labute approximate surface area is 285 Å². The van der Waals surface area contributed by atoms with Crippen molar-refractivity contribution >= 4 is 51.9 Å². The summed E-state index contributed by atoms with van der Waals surface area (Å²) in [6.07, 6.45) is 3.40. The molecule has 0 aliphatic carbocycles. The van der Waals surface area contributed by atoms with Gasteiger partial charge < -0.3 is 29.5 Å². The van der Waals surface area contributed by atoms with Crippen LogP contribution in [0, 0.1) is 11.3 Å². The van der Waals surface area contributed by atoms with Gasteiger partial charge in [0.25, 0.3) is 5.91 Å². The molecule has 3 aromatic carbocycles. The lowest BCUT2D eigenvalue weighted by Gasteiger charge is -2.40. The molecular formula is C35H39Cl2N5O5. The number of halogens is 2. The molecule has 1 atom stereocenters. The normalized spacial score (nSPS) is 16.3. The third-order valence-electron chi connectivity index (χ3n) is 9.14. The van der Waals surface area contributed by atoms with Crippen LogP contribution in [0.4, 0.5) is 4.79 Å². The molecule has 47 heavy (non-hydrogen) atoms. The van der Waals surface area contributed by atoms with Crippen molar-refractivity contribution in [3.63, 3.8) is 0 Å². The summed E-state index contributed by atoms with van der Waals surface area (Å²) in [5.74, 6) is -1.09. The van der Waals surface area contributed by atoms with Gasteiger partial charge in [-0.3, -0.25) is 9.59 Å². The Hall–Kier alpha value is -4.04. The summed E-state index contributed by atoms with van der Waals surface area (Å²) in [4.78, 5) is 45.4. The summed E-state index contributed by atoms with van der Waals surface area (Å²) in [6, 6.07) is 16.8. The van der Waals surface area contributed by atoms with Crippen LogP contribution >= 0.6 is 23.2 Å². The third kappa shape index (κ3) is 7.92. The first-order valence-corrected chi connectivity index (χ1v) is 16.6. The molecule has 12 heteroatoms. The van der Waals surface area contributed by atoms with Gasteiger partial charge in [0, 0.05) is 44.7 Å². The zero-order valence-corrected chi connectivity index (χ0v) is 28.1. The van der Waals surface area contributed by atoms with Gasteiger partial charge in [-0.15, -0.1) is 0 Å². The average Bonchev–Trinajstić information content (AvgIpc) is 3.09. The fourth-order valence-electron chi connectivity index (χ4n) is 6.62. The maximum Gasteiger partial charge on any atom is 0.325 e. The van der Waals surface area contributed by atoms with Gasteiger partial charge in [-0.25, -0.2) is 4.79 Å². The average molecular weight is 681 g/mol. The van der Waals surface area contributed by atoms with Gasteiger partial charge in [-0.1, -0.05) is 53.5 Å². The second kappa shape index (κ2) is 15.7. The third-order valence-corrected chi connectivity index (χ3v) is 9.87. The van der Waals surface area contributed by atoms with E-state index in [-0.39, 0.29) is 48.0 Å². The maximum absolute atomic E-state index is 14.5. The molecule has 0 saturated carbocycles. The van der Waals surface area contributed by atoms with Crippen molar-refractivity contribution in [3.8, 4) is 11.8 Å². The van der Waals surface area contributed by atoms with Crippen LogP contribution in [0.25, 0.3) is 10.8 Å². The van der Waals surface area contributed by atoms with Crippen molar-refractivity contribution in [2.75, 3.05) is 60.0 Å². The van der Waals surface area contributed by atoms with Crippen LogP contribution in [0.15, 0.2) is 48.5 Å². The number of rotatable bonds is 11. The summed E-state index contributed by atoms with van der Waals surface area (Å²) in [6.45, 7) is 3.81. The van der Waals surface area contributed by atoms with Crippen molar-refractivity contribution in [1.29, 1.82) is 5.26 Å². The molecule has 1 N–H and O–H groups in total. The zero-order valence-electron chi connectivity index (χ0n) is 26.6. The number of amides is 3. The van der Waals surface area contributed by atoms with Gasteiger partial charge in [-0.05, 0) is 66.8 Å². The molecule has 2 fully saturated rings. The molecule has 0 radical (unpaired) electrons. The number of esters is 1. The fourth-order valence-corrected chi connectivity index (χ4v) is 6.93. The van der Waals surface area contributed by atoms with E-state index in [0.29, 0.717) is 27.2 Å². The lowest BCUT2D eigenvalue weighted by Crippen LogP contribution is -2.54. The van der Waals surface area contributed by atoms with Gasteiger partial charge in [0.1, 0.15) is 18.4 Å². The molecule has 3 amide bonds. The Morgan fingerprint density at radius 3 is 2.53 bits per heavy atom. The minimum Gasteiger partial charge on any atom is -0.495 e. The fraction of sp³-hybridized carbons (Fsp3) is 0.429. The molecule has 0 spiro atoms. The smallest absolute Gasteiger partial charge is 0.325 e. The Morgan fingerprint density at radius 1 is 1.09 bits per heavy atom. The monoisotopic (exact) mass is 679 g/mol. The van der Waals surface area contributed by atoms with Gasteiger partial charge in [-0.2, -0.15) is 5.26 Å². The Bertz CT molecular complexity index is 1670. The van der Waals surface area contributed by atoms with Crippen molar-refractivity contribution in [3.05, 3.63) is 75.3 Å². The Kier molecular flexibility index (Phi) is 11.5. The lowest BCUT2D eigenvalue weighted by atomic mass is 9.93. The van der Waals surface area contributed by atoms with Gasteiger partial charge in [0.15, 0.2) is 0 Å². The van der Waals surface area contributed by atoms with Crippen LogP contribution in [0.3, 0.4) is 0 Å². The molecule has 2 heterocycles. The first-order valence-electron chi connectivity index (χ1n) is 15.8. The van der Waals surface area contributed by atoms with E-state index >= 15 is 0 Å². The number of benzene rings is 3. The van der Waals surface area contributed by atoms with Gasteiger partial charge in [0.05, 0.1) is 35.4 Å². The predicted octanol–water partition coefficient (Wildman–Crippen LogP) is 5.70. The molecule has 2 aliphatic rings. The SMILES string of the molecule is COC(=O)CN(C[C@@H](CCN1CCC(N2CCCNC2=O)CC1)c1ccc(Cl)c(Cl)c1)C(=O)c1c(OC)c(C#N)cc2ccccc12. The van der Waals surface area contributed by atoms with E-state index in [0.717, 1.165) is 57.5 Å². The van der Waals surface area contributed by atoms with Crippen LogP contribution in [0.2, 0.25) is 10.0 Å². The zero-order chi connectivity index (χ0) is 33.5. The predicted molar refractivity (Wildman–Crippen MR) is 181 cm³/mol. The molecular weight excluding hydrogens is 641 g/mol. The van der Waals surface area contributed by atoms with E-state index in [4.69, 9.17) is 32.7 Å². The number of methoxy groups -OCH3 is 2. The highest BCUT2D eigenvalue weighted by molar-refractivity contribution is 6.42. The second-order valence-corrected chi connectivity index (χ2v) is 12.8. The molecule has 3 aromatic rings. The molecule has 10 nitrogen and oxygen atoms in total. The molecule has 0 aromatic heterocycles. The van der Waals surface area contributed by atoms with Crippen LogP contribution in [0.1, 0.15) is 53.1 Å². The number of hydrogen-bond acceptors (Lipinski definition) is 7. The Morgan fingerprint density at radius 2 is 1.85 bits per heavy atom. The number of carbonyl (C=O) groups is 3. The number of likely N-dealkylation sites (tertiary alicyclic amines) is 1. The van der Waals surface area contributed by atoms with Crippen LogP contribution in [-0.4, -0.2) is 98.7 Å². The van der Waals surface area contributed by atoms with Gasteiger partial charge in [0.2, 0.25) is 0 Å². The van der Waals surface area contributed by atoms with Crippen molar-refractivity contribution in [1.82, 2.24) is 20.0 Å². The summed E-state index contributed by atoms with van der Waals surface area (Å²) in [5, 5.41) is 15.0. The first kappa shape index (κ1) is 34.3. The molecule has 0 unspecified atom stereocenters. The minimum atomic E-state index is -0.574. The molecule has 2 saturated heterocycles. The van der Waals surface area contributed by atoms with Gasteiger partial charge >= 0.3 is 12.0 Å². The number of piperidine rings is 1. The lowest BCUT2D eigenvalue weighted by molar-refractivity contribution is -0.141. The van der Waals surface area contributed by atoms with Crippen molar-refractivity contribution in [2.24, 2.45) is 0 Å². The van der Waals surface area contributed by atoms with Crippen LogP contribution < -0.4 is 10.1 Å². The van der Waals surface area contributed by atoms with E-state index in [2.05, 4.69) is 16.3 Å². The number of ether oxygens (including phenoxy) is 2. The molecule has 0 bridgehead atoms. The number of nitrogens with zero attached hydrogens (tertiary/aromatic N) is 4. The maximum atomic E-state index is 14.5. The Balaban J connectivity index is 1.42. The van der Waals surface area contributed by atoms with E-state index < -0.39 is 11.9 Å². The van der Waals surface area contributed by atoms with Crippen molar-refractivity contribution in [2.45, 2.75) is 37.6 Å².